The Balaban J connectivity index is 1.62. The fourth-order valence-corrected chi connectivity index (χ4v) is 4.01. The lowest BCUT2D eigenvalue weighted by atomic mass is 9.89. The molecular formula is C21H25NO3S. The van der Waals surface area contributed by atoms with E-state index >= 15 is 0 Å². The monoisotopic (exact) mass is 371 g/mol. The van der Waals surface area contributed by atoms with Gasteiger partial charge in [0.05, 0.1) is 13.2 Å². The summed E-state index contributed by atoms with van der Waals surface area (Å²) < 4.78 is 11.4. The van der Waals surface area contributed by atoms with Crippen molar-refractivity contribution in [3.8, 4) is 11.5 Å². The first-order chi connectivity index (χ1) is 12.5. The maximum Gasteiger partial charge on any atom is 0.221 e. The topological polar surface area (TPSA) is 47.6 Å². The zero-order valence-corrected chi connectivity index (χ0v) is 16.3. The van der Waals surface area contributed by atoms with Gasteiger partial charge in [0.2, 0.25) is 5.91 Å². The van der Waals surface area contributed by atoms with E-state index in [0.717, 1.165) is 29.2 Å². The van der Waals surface area contributed by atoms with E-state index in [1.807, 2.05) is 50.2 Å². The Hall–Kier alpha value is -2.14. The first-order valence-corrected chi connectivity index (χ1v) is 9.79. The molecule has 1 aliphatic rings. The first kappa shape index (κ1) is 18.6. The number of fused-ring (bicyclic) bond motifs is 1. The highest BCUT2D eigenvalue weighted by atomic mass is 32.2. The molecule has 26 heavy (non-hydrogen) atoms. The lowest BCUT2D eigenvalue weighted by molar-refractivity contribution is -0.121. The molecular weight excluding hydrogens is 346 g/mol. The van der Waals surface area contributed by atoms with Crippen LogP contribution in [-0.4, -0.2) is 24.4 Å². The van der Waals surface area contributed by atoms with Crippen LogP contribution in [0.1, 0.15) is 38.3 Å². The molecule has 2 aromatic carbocycles. The normalized spacial score (nSPS) is 17.7. The number of ether oxygens (including phenoxy) is 2. The fourth-order valence-electron chi connectivity index (χ4n) is 3.13. The minimum Gasteiger partial charge on any atom is -0.497 e. The van der Waals surface area contributed by atoms with Gasteiger partial charge in [0.25, 0.3) is 0 Å². The summed E-state index contributed by atoms with van der Waals surface area (Å²) in [5.41, 5.74) is 0.671. The molecule has 0 aromatic heterocycles. The van der Waals surface area contributed by atoms with E-state index in [0.29, 0.717) is 6.42 Å². The van der Waals surface area contributed by atoms with Crippen LogP contribution in [-0.2, 0) is 4.79 Å². The van der Waals surface area contributed by atoms with Crippen molar-refractivity contribution in [2.75, 3.05) is 12.9 Å². The molecule has 0 spiro atoms. The van der Waals surface area contributed by atoms with Crippen LogP contribution in [0.4, 0.5) is 0 Å². The molecule has 0 saturated carbocycles. The summed E-state index contributed by atoms with van der Waals surface area (Å²) in [5, 5.41) is 3.18. The molecule has 2 aromatic rings. The molecule has 0 unspecified atom stereocenters. The minimum atomic E-state index is -0.337. The van der Waals surface area contributed by atoms with Crippen LogP contribution in [0.25, 0.3) is 0 Å². The highest BCUT2D eigenvalue weighted by molar-refractivity contribution is 7.99. The van der Waals surface area contributed by atoms with Crippen LogP contribution in [0.3, 0.4) is 0 Å². The molecule has 1 N–H and O–H groups in total. The summed E-state index contributed by atoms with van der Waals surface area (Å²) in [6, 6.07) is 15.9. The van der Waals surface area contributed by atoms with Crippen molar-refractivity contribution < 1.29 is 14.3 Å². The molecule has 3 rings (SSSR count). The summed E-state index contributed by atoms with van der Waals surface area (Å²) in [7, 11) is 1.64. The average Bonchev–Trinajstić information content (AvgIpc) is 2.61. The first-order valence-electron chi connectivity index (χ1n) is 8.81. The van der Waals surface area contributed by atoms with Gasteiger partial charge in [-0.2, -0.15) is 0 Å². The summed E-state index contributed by atoms with van der Waals surface area (Å²) >= 11 is 1.70. The Kier molecular flexibility index (Phi) is 5.77. The second kappa shape index (κ2) is 8.04. The van der Waals surface area contributed by atoms with Gasteiger partial charge in [-0.1, -0.05) is 18.2 Å². The zero-order valence-electron chi connectivity index (χ0n) is 15.5. The molecule has 1 atom stereocenters. The largest absolute Gasteiger partial charge is 0.497 e. The Morgan fingerprint density at radius 3 is 2.77 bits per heavy atom. The van der Waals surface area contributed by atoms with Gasteiger partial charge < -0.3 is 14.8 Å². The second-order valence-corrected chi connectivity index (χ2v) is 8.17. The molecule has 0 saturated heterocycles. The number of hydrogen-bond donors (Lipinski definition) is 1. The maximum absolute atomic E-state index is 12.5. The standard InChI is InChI=1S/C21H25NO3S/c1-21(2)14-18(17-10-9-15(24-3)13-19(17)25-21)22-20(23)11-12-26-16-7-5-4-6-8-16/h4-10,13,18H,11-12,14H2,1-3H3,(H,22,23)/t18-/m0/s1. The molecule has 5 heteroatoms. The third-order valence-corrected chi connectivity index (χ3v) is 5.37. The van der Waals surface area contributed by atoms with Crippen LogP contribution in [0, 0.1) is 0 Å². The van der Waals surface area contributed by atoms with Crippen LogP contribution in [0.2, 0.25) is 0 Å². The van der Waals surface area contributed by atoms with Crippen molar-refractivity contribution in [2.24, 2.45) is 0 Å². The molecule has 0 bridgehead atoms. The van der Waals surface area contributed by atoms with E-state index in [-0.39, 0.29) is 17.6 Å². The molecule has 138 valence electrons. The lowest BCUT2D eigenvalue weighted by Crippen LogP contribution is -2.41. The van der Waals surface area contributed by atoms with Gasteiger partial charge in [0.1, 0.15) is 17.1 Å². The second-order valence-electron chi connectivity index (χ2n) is 7.00. The van der Waals surface area contributed by atoms with Gasteiger partial charge >= 0.3 is 0 Å². The summed E-state index contributed by atoms with van der Waals surface area (Å²) in [6.07, 6.45) is 1.23. The predicted molar refractivity (Wildman–Crippen MR) is 105 cm³/mol. The Morgan fingerprint density at radius 2 is 2.04 bits per heavy atom. The van der Waals surface area contributed by atoms with Crippen molar-refractivity contribution in [3.63, 3.8) is 0 Å². The van der Waals surface area contributed by atoms with Crippen molar-refractivity contribution in [1.29, 1.82) is 0 Å². The molecule has 1 heterocycles. The van der Waals surface area contributed by atoms with Crippen molar-refractivity contribution in [1.82, 2.24) is 5.32 Å². The van der Waals surface area contributed by atoms with E-state index in [2.05, 4.69) is 17.4 Å². The van der Waals surface area contributed by atoms with E-state index < -0.39 is 0 Å². The van der Waals surface area contributed by atoms with Gasteiger partial charge in [-0.3, -0.25) is 4.79 Å². The number of carbonyl (C=O) groups is 1. The zero-order chi connectivity index (χ0) is 18.6. The van der Waals surface area contributed by atoms with E-state index in [4.69, 9.17) is 9.47 Å². The van der Waals surface area contributed by atoms with E-state index in [1.54, 1.807) is 18.9 Å². The highest BCUT2D eigenvalue weighted by Crippen LogP contribution is 2.41. The van der Waals surface area contributed by atoms with Crippen molar-refractivity contribution in [3.05, 3.63) is 54.1 Å². The van der Waals surface area contributed by atoms with Gasteiger partial charge in [-0.15, -0.1) is 11.8 Å². The SMILES string of the molecule is COc1ccc2c(c1)OC(C)(C)C[C@@H]2NC(=O)CCSc1ccccc1. The van der Waals surface area contributed by atoms with Gasteiger partial charge in [0, 0.05) is 35.1 Å². The third kappa shape index (κ3) is 4.73. The number of nitrogens with one attached hydrogen (secondary N) is 1. The molecule has 0 aliphatic carbocycles. The predicted octanol–water partition coefficient (Wildman–Crippen LogP) is 4.60. The number of rotatable bonds is 6. The van der Waals surface area contributed by atoms with Crippen LogP contribution >= 0.6 is 11.8 Å². The highest BCUT2D eigenvalue weighted by Gasteiger charge is 2.34. The average molecular weight is 372 g/mol. The van der Waals surface area contributed by atoms with Crippen molar-refractivity contribution in [2.45, 2.75) is 43.2 Å². The van der Waals surface area contributed by atoms with E-state index in [1.165, 1.54) is 4.90 Å². The number of carbonyl (C=O) groups excluding carboxylic acids is 1. The number of thioether (sulfide) groups is 1. The number of benzene rings is 2. The minimum absolute atomic E-state index is 0.0473. The summed E-state index contributed by atoms with van der Waals surface area (Å²) in [6.45, 7) is 4.08. The summed E-state index contributed by atoms with van der Waals surface area (Å²) in [5.74, 6) is 2.37. The van der Waals surface area contributed by atoms with Crippen LogP contribution in [0.5, 0.6) is 11.5 Å². The Morgan fingerprint density at radius 1 is 1.27 bits per heavy atom. The lowest BCUT2D eigenvalue weighted by Gasteiger charge is -2.38. The Bertz CT molecular complexity index is 761. The maximum atomic E-state index is 12.5. The summed E-state index contributed by atoms with van der Waals surface area (Å²) in [4.78, 5) is 13.6. The molecule has 0 fully saturated rings. The number of amides is 1. The third-order valence-electron chi connectivity index (χ3n) is 4.35. The van der Waals surface area contributed by atoms with Gasteiger partial charge in [0.15, 0.2) is 0 Å². The fraction of sp³-hybridized carbons (Fsp3) is 0.381. The molecule has 1 aliphatic heterocycles. The quantitative estimate of drug-likeness (QED) is 0.754. The van der Waals surface area contributed by atoms with Crippen molar-refractivity contribution >= 4 is 17.7 Å². The molecule has 0 radical (unpaired) electrons. The Labute approximate surface area is 159 Å². The number of hydrogen-bond acceptors (Lipinski definition) is 4. The van der Waals surface area contributed by atoms with Gasteiger partial charge in [-0.05, 0) is 38.1 Å². The smallest absolute Gasteiger partial charge is 0.221 e. The van der Waals surface area contributed by atoms with E-state index in [9.17, 15) is 4.79 Å². The van der Waals surface area contributed by atoms with Crippen LogP contribution in [0.15, 0.2) is 53.4 Å². The molecule has 1 amide bonds. The van der Waals surface area contributed by atoms with Gasteiger partial charge in [-0.25, -0.2) is 0 Å². The number of methoxy groups -OCH3 is 1. The van der Waals surface area contributed by atoms with Crippen LogP contribution < -0.4 is 14.8 Å². The molecule has 4 nitrogen and oxygen atoms in total.